The largest absolute Gasteiger partial charge is 0.493 e. The number of para-hydroxylation sites is 1. The molecule has 0 spiro atoms. The Morgan fingerprint density at radius 1 is 1.07 bits per heavy atom. The molecule has 0 radical (unpaired) electrons. The molecule has 0 unspecified atom stereocenters. The zero-order valence-corrected chi connectivity index (χ0v) is 18.9. The van der Waals surface area contributed by atoms with Crippen LogP contribution >= 0.6 is 24.0 Å². The third-order valence-electron chi connectivity index (χ3n) is 4.26. The SMILES string of the molecule is COc1ccc(CN=C(N)NCCc2cnn(-c3ccccc3)c2)cc1OC.I. The number of nitrogens with zero attached hydrogens (tertiary/aromatic N) is 3. The van der Waals surface area contributed by atoms with Gasteiger partial charge in [0.1, 0.15) is 0 Å². The van der Waals surface area contributed by atoms with Crippen molar-refractivity contribution in [2.75, 3.05) is 20.8 Å². The number of aliphatic imine (C=N–C) groups is 1. The van der Waals surface area contributed by atoms with Gasteiger partial charge in [-0.1, -0.05) is 24.3 Å². The van der Waals surface area contributed by atoms with Gasteiger partial charge in [0.15, 0.2) is 17.5 Å². The van der Waals surface area contributed by atoms with Crippen molar-refractivity contribution >= 4 is 29.9 Å². The van der Waals surface area contributed by atoms with Crippen LogP contribution in [-0.4, -0.2) is 36.5 Å². The summed E-state index contributed by atoms with van der Waals surface area (Å²) >= 11 is 0. The molecule has 3 aromatic rings. The molecule has 7 nitrogen and oxygen atoms in total. The third-order valence-corrected chi connectivity index (χ3v) is 4.26. The van der Waals surface area contributed by atoms with E-state index in [9.17, 15) is 0 Å². The van der Waals surface area contributed by atoms with Gasteiger partial charge < -0.3 is 20.5 Å². The monoisotopic (exact) mass is 507 g/mol. The first-order chi connectivity index (χ1) is 13.7. The molecule has 3 rings (SSSR count). The molecule has 0 amide bonds. The molecule has 3 N–H and O–H groups in total. The van der Waals surface area contributed by atoms with E-state index in [0.29, 0.717) is 30.5 Å². The van der Waals surface area contributed by atoms with Crippen molar-refractivity contribution in [3.63, 3.8) is 0 Å². The lowest BCUT2D eigenvalue weighted by molar-refractivity contribution is 0.354. The molecule has 1 aromatic heterocycles. The molecular weight excluding hydrogens is 481 g/mol. The number of halogens is 1. The molecule has 0 aliphatic heterocycles. The van der Waals surface area contributed by atoms with Crippen LogP contribution in [0.2, 0.25) is 0 Å². The average Bonchev–Trinajstić information content (AvgIpc) is 3.21. The summed E-state index contributed by atoms with van der Waals surface area (Å²) in [5.41, 5.74) is 9.13. The van der Waals surface area contributed by atoms with Gasteiger partial charge in [-0.05, 0) is 41.8 Å². The first-order valence-electron chi connectivity index (χ1n) is 9.03. The zero-order valence-electron chi connectivity index (χ0n) is 16.5. The number of nitrogens with two attached hydrogens (primary N) is 1. The summed E-state index contributed by atoms with van der Waals surface area (Å²) in [7, 11) is 3.22. The molecule has 0 aliphatic rings. The molecule has 29 heavy (non-hydrogen) atoms. The lowest BCUT2D eigenvalue weighted by Crippen LogP contribution is -2.33. The zero-order chi connectivity index (χ0) is 19.8. The standard InChI is InChI=1S/C21H25N5O2.HI/c1-27-19-9-8-16(12-20(19)28-2)13-24-21(22)23-11-10-17-14-25-26(15-17)18-6-4-3-5-7-18;/h3-9,12,14-15H,10-11,13H2,1-2H3,(H3,22,23,24);1H. The molecule has 2 aromatic carbocycles. The van der Waals surface area contributed by atoms with Crippen LogP contribution in [0.15, 0.2) is 65.9 Å². The molecule has 0 saturated carbocycles. The van der Waals surface area contributed by atoms with E-state index < -0.39 is 0 Å². The van der Waals surface area contributed by atoms with Crippen molar-refractivity contribution in [1.29, 1.82) is 0 Å². The normalized spacial score (nSPS) is 10.9. The van der Waals surface area contributed by atoms with Crippen LogP contribution in [-0.2, 0) is 13.0 Å². The Kier molecular flexibility index (Phi) is 8.78. The molecule has 1 heterocycles. The minimum atomic E-state index is 0. The lowest BCUT2D eigenvalue weighted by atomic mass is 10.2. The van der Waals surface area contributed by atoms with Crippen molar-refractivity contribution in [2.24, 2.45) is 10.7 Å². The van der Waals surface area contributed by atoms with Crippen LogP contribution in [0.5, 0.6) is 11.5 Å². The minimum Gasteiger partial charge on any atom is -0.493 e. The molecule has 0 saturated heterocycles. The molecule has 0 fully saturated rings. The lowest BCUT2D eigenvalue weighted by Gasteiger charge is -2.09. The summed E-state index contributed by atoms with van der Waals surface area (Å²) in [6.45, 7) is 1.15. The van der Waals surface area contributed by atoms with E-state index in [2.05, 4.69) is 15.4 Å². The number of aromatic nitrogens is 2. The fraction of sp³-hybridized carbons (Fsp3) is 0.238. The number of hydrogen-bond donors (Lipinski definition) is 2. The molecule has 8 heteroatoms. The second-order valence-electron chi connectivity index (χ2n) is 6.20. The molecule has 0 aliphatic carbocycles. The highest BCUT2D eigenvalue weighted by molar-refractivity contribution is 14.0. The van der Waals surface area contributed by atoms with Crippen LogP contribution < -0.4 is 20.5 Å². The van der Waals surface area contributed by atoms with Crippen molar-refractivity contribution < 1.29 is 9.47 Å². The highest BCUT2D eigenvalue weighted by atomic mass is 127. The van der Waals surface area contributed by atoms with Gasteiger partial charge in [-0.25, -0.2) is 9.67 Å². The van der Waals surface area contributed by atoms with Gasteiger partial charge in [0, 0.05) is 12.7 Å². The van der Waals surface area contributed by atoms with E-state index in [1.54, 1.807) is 14.2 Å². The third kappa shape index (κ3) is 6.38. The quantitative estimate of drug-likeness (QED) is 0.278. The summed E-state index contributed by atoms with van der Waals surface area (Å²) in [5.74, 6) is 1.78. The van der Waals surface area contributed by atoms with Crippen LogP contribution in [0.4, 0.5) is 0 Å². The maximum Gasteiger partial charge on any atom is 0.188 e. The van der Waals surface area contributed by atoms with Crippen LogP contribution in [0.1, 0.15) is 11.1 Å². The Hall–Kier alpha value is -2.75. The van der Waals surface area contributed by atoms with E-state index >= 15 is 0 Å². The Morgan fingerprint density at radius 3 is 2.55 bits per heavy atom. The molecule has 0 bridgehead atoms. The first kappa shape index (κ1) is 22.5. The molecule has 0 atom stereocenters. The Bertz CT molecular complexity index is 928. The Balaban J connectivity index is 0.00000300. The number of ether oxygens (including phenoxy) is 2. The van der Waals surface area contributed by atoms with Crippen molar-refractivity contribution in [1.82, 2.24) is 15.1 Å². The average molecular weight is 507 g/mol. The molecule has 154 valence electrons. The highest BCUT2D eigenvalue weighted by Gasteiger charge is 2.04. The van der Waals surface area contributed by atoms with Gasteiger partial charge in [-0.2, -0.15) is 5.10 Å². The van der Waals surface area contributed by atoms with Gasteiger partial charge in [0.25, 0.3) is 0 Å². The van der Waals surface area contributed by atoms with Crippen molar-refractivity contribution in [3.8, 4) is 17.2 Å². The fourth-order valence-corrected chi connectivity index (χ4v) is 2.76. The van der Waals surface area contributed by atoms with Gasteiger partial charge in [-0.15, -0.1) is 24.0 Å². The number of nitrogens with one attached hydrogen (secondary N) is 1. The predicted molar refractivity (Wildman–Crippen MR) is 126 cm³/mol. The Labute approximate surface area is 187 Å². The van der Waals surface area contributed by atoms with E-state index in [-0.39, 0.29) is 24.0 Å². The van der Waals surface area contributed by atoms with E-state index in [1.807, 2.05) is 65.6 Å². The second-order valence-corrected chi connectivity index (χ2v) is 6.20. The summed E-state index contributed by atoms with van der Waals surface area (Å²) in [6.07, 6.45) is 4.69. The van der Waals surface area contributed by atoms with Crippen molar-refractivity contribution in [3.05, 3.63) is 72.1 Å². The van der Waals surface area contributed by atoms with Gasteiger partial charge in [0.05, 0.1) is 32.6 Å². The van der Waals surface area contributed by atoms with Crippen LogP contribution in [0.3, 0.4) is 0 Å². The summed E-state index contributed by atoms with van der Waals surface area (Å²) in [6, 6.07) is 15.7. The summed E-state index contributed by atoms with van der Waals surface area (Å²) in [5, 5.41) is 7.53. The van der Waals surface area contributed by atoms with Crippen LogP contribution in [0.25, 0.3) is 5.69 Å². The maximum atomic E-state index is 5.97. The number of guanidine groups is 1. The van der Waals surface area contributed by atoms with Crippen LogP contribution in [0, 0.1) is 0 Å². The number of hydrogen-bond acceptors (Lipinski definition) is 4. The maximum absolute atomic E-state index is 5.97. The van der Waals surface area contributed by atoms with Gasteiger partial charge >= 0.3 is 0 Å². The highest BCUT2D eigenvalue weighted by Crippen LogP contribution is 2.27. The first-order valence-corrected chi connectivity index (χ1v) is 9.03. The number of rotatable bonds is 8. The second kappa shape index (κ2) is 11.3. The Morgan fingerprint density at radius 2 is 1.83 bits per heavy atom. The summed E-state index contributed by atoms with van der Waals surface area (Å²) in [4.78, 5) is 4.38. The van der Waals surface area contributed by atoms with E-state index in [1.165, 1.54) is 0 Å². The van der Waals surface area contributed by atoms with E-state index in [0.717, 1.165) is 23.2 Å². The smallest absolute Gasteiger partial charge is 0.188 e. The predicted octanol–water partition coefficient (Wildman–Crippen LogP) is 3.15. The van der Waals surface area contributed by atoms with Gasteiger partial charge in [0.2, 0.25) is 0 Å². The number of methoxy groups -OCH3 is 2. The number of benzene rings is 2. The molecular formula is C21H26IN5O2. The topological polar surface area (TPSA) is 86.7 Å². The van der Waals surface area contributed by atoms with E-state index in [4.69, 9.17) is 15.2 Å². The summed E-state index contributed by atoms with van der Waals surface area (Å²) < 4.78 is 12.4. The fourth-order valence-electron chi connectivity index (χ4n) is 2.76. The van der Waals surface area contributed by atoms with Gasteiger partial charge in [-0.3, -0.25) is 0 Å². The van der Waals surface area contributed by atoms with Crippen molar-refractivity contribution in [2.45, 2.75) is 13.0 Å². The minimum absolute atomic E-state index is 0.